The van der Waals surface area contributed by atoms with E-state index in [0.717, 1.165) is 12.1 Å². The number of rotatable bonds is 1. The van der Waals surface area contributed by atoms with Crippen molar-refractivity contribution >= 4 is 27.0 Å². The molecule has 0 atom stereocenters. The van der Waals surface area contributed by atoms with Crippen molar-refractivity contribution in [2.24, 2.45) is 0 Å². The number of benzene rings is 2. The van der Waals surface area contributed by atoms with Crippen LogP contribution in [0.4, 0.5) is 13.2 Å². The van der Waals surface area contributed by atoms with Gasteiger partial charge in [-0.1, -0.05) is 15.9 Å². The first-order valence-corrected chi connectivity index (χ1v) is 6.70. The fourth-order valence-electron chi connectivity index (χ4n) is 2.01. The predicted octanol–water partition coefficient (Wildman–Crippen LogP) is 4.72. The smallest absolute Gasteiger partial charge is 0.416 e. The monoisotopic (exact) mass is 356 g/mol. The lowest BCUT2D eigenvalue weighted by Crippen LogP contribution is -2.05. The normalized spacial score (nSPS) is 12.0. The van der Waals surface area contributed by atoms with Gasteiger partial charge in [-0.05, 0) is 30.3 Å². The molecule has 0 bridgehead atoms. The molecule has 0 aliphatic heterocycles. The van der Waals surface area contributed by atoms with E-state index in [1.807, 2.05) is 0 Å². The molecule has 0 fully saturated rings. The Morgan fingerprint density at radius 3 is 2.57 bits per heavy atom. The van der Waals surface area contributed by atoms with E-state index < -0.39 is 11.7 Å². The summed E-state index contributed by atoms with van der Waals surface area (Å²) in [6, 6.07) is 7.89. The van der Waals surface area contributed by atoms with Crippen molar-refractivity contribution in [3.63, 3.8) is 0 Å². The third kappa shape index (κ3) is 2.61. The summed E-state index contributed by atoms with van der Waals surface area (Å²) in [7, 11) is 0. The summed E-state index contributed by atoms with van der Waals surface area (Å²) in [4.78, 5) is 7.15. The van der Waals surface area contributed by atoms with Crippen molar-refractivity contribution in [2.45, 2.75) is 6.18 Å². The van der Waals surface area contributed by atoms with Crippen LogP contribution in [0.15, 0.2) is 40.9 Å². The molecule has 0 radical (unpaired) electrons. The van der Waals surface area contributed by atoms with Crippen molar-refractivity contribution in [1.29, 1.82) is 0 Å². The summed E-state index contributed by atoms with van der Waals surface area (Å²) < 4.78 is 38.9. The maximum Gasteiger partial charge on any atom is 0.416 e. The zero-order chi connectivity index (χ0) is 15.2. The summed E-state index contributed by atoms with van der Waals surface area (Å²) in [5.41, 5.74) is 0.672. The van der Waals surface area contributed by atoms with Crippen LogP contribution in [0, 0.1) is 0 Å². The Bertz CT molecular complexity index is 827. The highest BCUT2D eigenvalue weighted by atomic mass is 79.9. The molecule has 108 valence electrons. The van der Waals surface area contributed by atoms with Crippen LogP contribution in [0.5, 0.6) is 5.75 Å². The molecule has 3 nitrogen and oxygen atoms in total. The fraction of sp³-hybridized carbons (Fsp3) is 0.0714. The molecule has 3 rings (SSSR count). The van der Waals surface area contributed by atoms with Gasteiger partial charge in [0.05, 0.1) is 16.6 Å². The van der Waals surface area contributed by atoms with E-state index in [2.05, 4.69) is 25.9 Å². The molecule has 0 unspecified atom stereocenters. The summed E-state index contributed by atoms with van der Waals surface area (Å²) >= 11 is 3.23. The van der Waals surface area contributed by atoms with Gasteiger partial charge in [0.25, 0.3) is 0 Å². The maximum atomic E-state index is 12.8. The lowest BCUT2D eigenvalue weighted by atomic mass is 10.1. The zero-order valence-electron chi connectivity index (χ0n) is 10.4. The van der Waals surface area contributed by atoms with Gasteiger partial charge < -0.3 is 10.1 Å². The molecule has 0 spiro atoms. The Morgan fingerprint density at radius 2 is 1.86 bits per heavy atom. The Morgan fingerprint density at radius 1 is 1.10 bits per heavy atom. The van der Waals surface area contributed by atoms with Crippen LogP contribution in [-0.2, 0) is 6.18 Å². The second-order valence-corrected chi connectivity index (χ2v) is 5.33. The van der Waals surface area contributed by atoms with Crippen LogP contribution in [0.2, 0.25) is 0 Å². The highest BCUT2D eigenvalue weighted by molar-refractivity contribution is 9.10. The molecule has 1 aromatic heterocycles. The summed E-state index contributed by atoms with van der Waals surface area (Å²) in [5, 5.41) is 9.41. The van der Waals surface area contributed by atoms with Crippen LogP contribution < -0.4 is 0 Å². The minimum Gasteiger partial charge on any atom is -0.508 e. The van der Waals surface area contributed by atoms with Crippen molar-refractivity contribution in [2.75, 3.05) is 0 Å². The van der Waals surface area contributed by atoms with Crippen molar-refractivity contribution in [3.05, 3.63) is 46.4 Å². The number of aromatic nitrogens is 2. The Kier molecular flexibility index (Phi) is 3.16. The molecule has 7 heteroatoms. The third-order valence-corrected chi connectivity index (χ3v) is 3.71. The van der Waals surface area contributed by atoms with E-state index in [0.29, 0.717) is 26.9 Å². The number of H-pyrrole nitrogens is 1. The zero-order valence-corrected chi connectivity index (χ0v) is 12.0. The van der Waals surface area contributed by atoms with E-state index in [9.17, 15) is 18.3 Å². The van der Waals surface area contributed by atoms with Crippen molar-refractivity contribution < 1.29 is 18.3 Å². The first kappa shape index (κ1) is 13.9. The molecular formula is C14H8BrF3N2O. The molecule has 3 aromatic rings. The standard InChI is InChI=1S/C14H8BrF3N2O/c15-10-3-1-7(14(16,17)18)5-9(10)13-19-11-4-2-8(21)6-12(11)20-13/h1-6,21H,(H,19,20). The number of fused-ring (bicyclic) bond motifs is 1. The van der Waals surface area contributed by atoms with Crippen LogP contribution in [0.25, 0.3) is 22.4 Å². The second kappa shape index (κ2) is 4.77. The molecule has 21 heavy (non-hydrogen) atoms. The first-order valence-electron chi connectivity index (χ1n) is 5.90. The van der Waals surface area contributed by atoms with Gasteiger partial charge in [-0.25, -0.2) is 4.98 Å². The molecule has 2 N–H and O–H groups in total. The lowest BCUT2D eigenvalue weighted by molar-refractivity contribution is -0.137. The van der Waals surface area contributed by atoms with Gasteiger partial charge in [0.2, 0.25) is 0 Å². The van der Waals surface area contributed by atoms with Crippen LogP contribution in [0.1, 0.15) is 5.56 Å². The van der Waals surface area contributed by atoms with Gasteiger partial charge in [0.15, 0.2) is 0 Å². The molecule has 0 saturated heterocycles. The van der Waals surface area contributed by atoms with Gasteiger partial charge in [0.1, 0.15) is 11.6 Å². The molecule has 0 aliphatic carbocycles. The van der Waals surface area contributed by atoms with Gasteiger partial charge >= 0.3 is 6.18 Å². The van der Waals surface area contributed by atoms with Crippen LogP contribution in [0.3, 0.4) is 0 Å². The molecule has 0 amide bonds. The number of halogens is 4. The number of nitrogens with one attached hydrogen (secondary N) is 1. The second-order valence-electron chi connectivity index (χ2n) is 4.48. The van der Waals surface area contributed by atoms with Gasteiger partial charge in [-0.15, -0.1) is 0 Å². The summed E-state index contributed by atoms with van der Waals surface area (Å²) in [5.74, 6) is 0.356. The van der Waals surface area contributed by atoms with E-state index >= 15 is 0 Å². The summed E-state index contributed by atoms with van der Waals surface area (Å²) in [6.07, 6.45) is -4.42. The van der Waals surface area contributed by atoms with Gasteiger partial charge in [-0.2, -0.15) is 13.2 Å². The Labute approximate surface area is 125 Å². The first-order chi connectivity index (χ1) is 9.84. The van der Waals surface area contributed by atoms with E-state index in [4.69, 9.17) is 0 Å². The molecule has 1 heterocycles. The summed E-state index contributed by atoms with van der Waals surface area (Å²) in [6.45, 7) is 0. The number of hydrogen-bond donors (Lipinski definition) is 2. The molecule has 0 saturated carbocycles. The highest BCUT2D eigenvalue weighted by Gasteiger charge is 2.31. The lowest BCUT2D eigenvalue weighted by Gasteiger charge is -2.09. The van der Waals surface area contributed by atoms with Crippen LogP contribution >= 0.6 is 15.9 Å². The largest absolute Gasteiger partial charge is 0.508 e. The molecule has 2 aromatic carbocycles. The van der Waals surface area contributed by atoms with E-state index in [-0.39, 0.29) is 5.75 Å². The number of phenolic OH excluding ortho intramolecular Hbond substituents is 1. The predicted molar refractivity (Wildman–Crippen MR) is 75.9 cm³/mol. The number of phenols is 1. The van der Waals surface area contributed by atoms with E-state index in [1.165, 1.54) is 18.2 Å². The maximum absolute atomic E-state index is 12.8. The van der Waals surface area contributed by atoms with Crippen molar-refractivity contribution in [1.82, 2.24) is 9.97 Å². The van der Waals surface area contributed by atoms with Crippen LogP contribution in [-0.4, -0.2) is 15.1 Å². The van der Waals surface area contributed by atoms with Gasteiger partial charge in [-0.3, -0.25) is 0 Å². The SMILES string of the molecule is Oc1ccc2nc(-c3cc(C(F)(F)F)ccc3Br)[nH]c2c1. The van der Waals surface area contributed by atoms with Crippen molar-refractivity contribution in [3.8, 4) is 17.1 Å². The Hall–Kier alpha value is -2.02. The average molecular weight is 357 g/mol. The molecule has 0 aliphatic rings. The number of nitrogens with zero attached hydrogens (tertiary/aromatic N) is 1. The fourth-order valence-corrected chi connectivity index (χ4v) is 2.44. The number of aromatic hydroxyl groups is 1. The number of hydrogen-bond acceptors (Lipinski definition) is 2. The topological polar surface area (TPSA) is 48.9 Å². The quantitative estimate of drug-likeness (QED) is 0.662. The average Bonchev–Trinajstić information content (AvgIpc) is 2.80. The number of imidazole rings is 1. The number of alkyl halides is 3. The van der Waals surface area contributed by atoms with E-state index in [1.54, 1.807) is 6.07 Å². The minimum absolute atomic E-state index is 0.0563. The van der Waals surface area contributed by atoms with Gasteiger partial charge in [0, 0.05) is 16.1 Å². The Balaban J connectivity index is 2.17. The molecular weight excluding hydrogens is 349 g/mol. The minimum atomic E-state index is -4.42. The highest BCUT2D eigenvalue weighted by Crippen LogP contribution is 2.35. The number of aromatic amines is 1. The third-order valence-electron chi connectivity index (χ3n) is 3.01.